The summed E-state index contributed by atoms with van der Waals surface area (Å²) in [7, 11) is 0. The van der Waals surface area contributed by atoms with Crippen molar-refractivity contribution in [2.75, 3.05) is 6.61 Å². The minimum atomic E-state index is -1.96. The second-order valence-electron chi connectivity index (χ2n) is 12.7. The predicted molar refractivity (Wildman–Crippen MR) is 162 cm³/mol. The number of esters is 3. The van der Waals surface area contributed by atoms with E-state index in [1.165, 1.54) is 13.0 Å². The van der Waals surface area contributed by atoms with E-state index in [-0.39, 0.29) is 29.9 Å². The van der Waals surface area contributed by atoms with Crippen LogP contribution in [0.3, 0.4) is 0 Å². The Morgan fingerprint density at radius 3 is 2.27 bits per heavy atom. The zero-order valence-corrected chi connectivity index (χ0v) is 26.9. The Kier molecular flexibility index (Phi) is 9.43. The van der Waals surface area contributed by atoms with Crippen LogP contribution in [0.5, 0.6) is 0 Å². The molecule has 1 aromatic carbocycles. The van der Waals surface area contributed by atoms with Crippen LogP contribution < -0.4 is 0 Å². The first-order chi connectivity index (χ1) is 20.7. The van der Waals surface area contributed by atoms with Crippen LogP contribution in [0.25, 0.3) is 0 Å². The van der Waals surface area contributed by atoms with Gasteiger partial charge in [0.2, 0.25) is 0 Å². The van der Waals surface area contributed by atoms with Gasteiger partial charge in [0.15, 0.2) is 11.4 Å². The highest BCUT2D eigenvalue weighted by atomic mass is 16.6. The van der Waals surface area contributed by atoms with E-state index in [0.717, 1.165) is 0 Å². The van der Waals surface area contributed by atoms with Gasteiger partial charge in [0.05, 0.1) is 18.1 Å². The lowest BCUT2D eigenvalue weighted by Gasteiger charge is -2.60. The van der Waals surface area contributed by atoms with Crippen LogP contribution in [-0.2, 0) is 33.3 Å². The van der Waals surface area contributed by atoms with Crippen molar-refractivity contribution in [3.8, 4) is 0 Å². The highest BCUT2D eigenvalue weighted by molar-refractivity contribution is 6.10. The topological polar surface area (TPSA) is 125 Å². The number of allylic oxidation sites excluding steroid dienone is 2. The van der Waals surface area contributed by atoms with Gasteiger partial charge in [0.25, 0.3) is 0 Å². The zero-order chi connectivity index (χ0) is 32.6. The number of fused-ring (bicyclic) bond motifs is 2. The smallest absolute Gasteiger partial charge is 0.338 e. The van der Waals surface area contributed by atoms with Gasteiger partial charge in [0.1, 0.15) is 23.9 Å². The lowest BCUT2D eigenvalue weighted by Crippen LogP contribution is -2.73. The Morgan fingerprint density at radius 2 is 1.73 bits per heavy atom. The maximum absolute atomic E-state index is 14.4. The summed E-state index contributed by atoms with van der Waals surface area (Å²) >= 11 is 0. The number of ether oxygens (including phenoxy) is 4. The van der Waals surface area contributed by atoms with Crippen LogP contribution in [0.1, 0.15) is 85.0 Å². The molecule has 0 radical (unpaired) electrons. The van der Waals surface area contributed by atoms with Gasteiger partial charge < -0.3 is 24.1 Å². The molecule has 4 rings (SSSR count). The van der Waals surface area contributed by atoms with Gasteiger partial charge in [0, 0.05) is 30.4 Å². The summed E-state index contributed by atoms with van der Waals surface area (Å²) in [6, 6.07) is 8.41. The molecule has 9 nitrogen and oxygen atoms in total. The van der Waals surface area contributed by atoms with E-state index in [4.69, 9.17) is 18.9 Å². The molecule has 0 amide bonds. The fourth-order valence-corrected chi connectivity index (χ4v) is 7.26. The third-order valence-corrected chi connectivity index (χ3v) is 9.75. The highest BCUT2D eigenvalue weighted by Gasteiger charge is 2.69. The molecular formula is C35H44O9. The number of hydrogen-bond acceptors (Lipinski definition) is 9. The normalized spacial score (nSPS) is 33.2. The van der Waals surface area contributed by atoms with Gasteiger partial charge >= 0.3 is 17.9 Å². The average molecular weight is 609 g/mol. The molecule has 1 saturated heterocycles. The molecule has 0 aromatic heterocycles. The maximum Gasteiger partial charge on any atom is 0.338 e. The number of benzene rings is 1. The number of Topliss-reactive ketones (excluding diaryl/α,β-unsaturated/α-hetero) is 1. The summed E-state index contributed by atoms with van der Waals surface area (Å²) in [5, 5.41) is 13.1. The minimum Gasteiger partial charge on any atom is -0.455 e. The van der Waals surface area contributed by atoms with E-state index < -0.39 is 58.8 Å². The molecule has 238 valence electrons. The summed E-state index contributed by atoms with van der Waals surface area (Å²) in [5.41, 5.74) is -2.63. The predicted octanol–water partition coefficient (Wildman–Crippen LogP) is 5.21. The molecular weight excluding hydrogens is 564 g/mol. The standard InChI is InChI=1S/C35H44O9/c1-9-14-26-34(19-41-26,44-23(6)36)29-20(3)21(4)30(38)28-22(5)25(42-27(37)15-10-2)18-35(40,33(28,7)8)31(29)43-32(39)24-16-12-11-13-17-24/h10-13,15-17,25-26,29,31,40H,9,14,18-19H2,1-8H3/b15-10+,21-20-/t25-,26+,29+,31-,34-,35+/m0/s1. The monoisotopic (exact) mass is 608 g/mol. The van der Waals surface area contributed by atoms with Gasteiger partial charge in [-0.05, 0) is 57.4 Å². The molecule has 9 heteroatoms. The van der Waals surface area contributed by atoms with Crippen LogP contribution in [0.2, 0.25) is 0 Å². The maximum atomic E-state index is 14.4. The van der Waals surface area contributed by atoms with Crippen molar-refractivity contribution >= 4 is 23.7 Å². The van der Waals surface area contributed by atoms with E-state index in [9.17, 15) is 24.3 Å². The van der Waals surface area contributed by atoms with E-state index in [1.807, 2.05) is 6.92 Å². The van der Waals surface area contributed by atoms with Gasteiger partial charge in [-0.3, -0.25) is 9.59 Å². The van der Waals surface area contributed by atoms with Crippen LogP contribution in [0, 0.1) is 11.3 Å². The van der Waals surface area contributed by atoms with Crippen molar-refractivity contribution in [1.82, 2.24) is 0 Å². The molecule has 2 bridgehead atoms. The van der Waals surface area contributed by atoms with Crippen molar-refractivity contribution in [3.05, 3.63) is 70.3 Å². The Hall–Kier alpha value is -3.56. The number of carbonyl (C=O) groups excluding carboxylic acids is 4. The molecule has 0 saturated carbocycles. The largest absolute Gasteiger partial charge is 0.455 e. The molecule has 2 aliphatic carbocycles. The van der Waals surface area contributed by atoms with E-state index in [2.05, 4.69) is 0 Å². The average Bonchev–Trinajstić information content (AvgIpc) is 2.96. The number of aliphatic hydroxyl groups is 1. The fourth-order valence-electron chi connectivity index (χ4n) is 7.26. The SMILES string of the molecule is C/C=C/C(=O)O[C@H]1C[C@@]2(O)[C@@H](OC(=O)c3ccccc3)[C@H]([C@]3(OC(C)=O)CO[C@@H]3CCC)/C(C)=C(/C)C(=O)C(=C1C)C2(C)C. The van der Waals surface area contributed by atoms with Crippen LogP contribution in [-0.4, -0.2) is 64.9 Å². The first-order valence-electron chi connectivity index (χ1n) is 15.2. The molecule has 1 N–H and O–H groups in total. The lowest BCUT2D eigenvalue weighted by molar-refractivity contribution is -0.294. The van der Waals surface area contributed by atoms with E-state index in [0.29, 0.717) is 29.6 Å². The second-order valence-corrected chi connectivity index (χ2v) is 12.7. The molecule has 44 heavy (non-hydrogen) atoms. The zero-order valence-electron chi connectivity index (χ0n) is 26.9. The van der Waals surface area contributed by atoms with Gasteiger partial charge in [-0.1, -0.05) is 57.0 Å². The summed E-state index contributed by atoms with van der Waals surface area (Å²) in [6.45, 7) is 13.6. The van der Waals surface area contributed by atoms with Gasteiger partial charge in [-0.15, -0.1) is 0 Å². The fraction of sp³-hybridized carbons (Fsp3) is 0.543. The van der Waals surface area contributed by atoms with Crippen LogP contribution in [0.15, 0.2) is 64.8 Å². The summed E-state index contributed by atoms with van der Waals surface area (Å²) < 4.78 is 24.3. The molecule has 1 fully saturated rings. The van der Waals surface area contributed by atoms with Gasteiger partial charge in [-0.2, -0.15) is 0 Å². The molecule has 1 heterocycles. The summed E-state index contributed by atoms with van der Waals surface area (Å²) in [5.74, 6) is -3.18. The molecule has 3 aliphatic rings. The molecule has 6 atom stereocenters. The lowest BCUT2D eigenvalue weighted by atomic mass is 9.52. The Balaban J connectivity index is 2.05. The third-order valence-electron chi connectivity index (χ3n) is 9.75. The Bertz CT molecular complexity index is 1420. The molecule has 1 aromatic rings. The molecule has 0 unspecified atom stereocenters. The molecule has 0 spiro atoms. The highest BCUT2D eigenvalue weighted by Crippen LogP contribution is 2.58. The minimum absolute atomic E-state index is 0.0158. The van der Waals surface area contributed by atoms with E-state index in [1.54, 1.807) is 78.0 Å². The second kappa shape index (κ2) is 12.4. The number of hydrogen-bond donors (Lipinski definition) is 1. The quantitative estimate of drug-likeness (QED) is 0.240. The number of rotatable bonds is 8. The van der Waals surface area contributed by atoms with Crippen molar-refractivity contribution in [1.29, 1.82) is 0 Å². The summed E-state index contributed by atoms with van der Waals surface area (Å²) in [4.78, 5) is 53.6. The first kappa shape index (κ1) is 33.3. The molecule has 1 aliphatic heterocycles. The van der Waals surface area contributed by atoms with Crippen LogP contribution >= 0.6 is 0 Å². The first-order valence-corrected chi connectivity index (χ1v) is 15.2. The van der Waals surface area contributed by atoms with Crippen molar-refractivity contribution in [3.63, 3.8) is 0 Å². The van der Waals surface area contributed by atoms with Crippen molar-refractivity contribution < 1.29 is 43.2 Å². The third kappa shape index (κ3) is 5.45. The number of carbonyl (C=O) groups is 4. The van der Waals surface area contributed by atoms with Crippen molar-refractivity contribution in [2.45, 2.75) is 104 Å². The van der Waals surface area contributed by atoms with Crippen LogP contribution in [0.4, 0.5) is 0 Å². The van der Waals surface area contributed by atoms with Crippen molar-refractivity contribution in [2.24, 2.45) is 11.3 Å². The van der Waals surface area contributed by atoms with E-state index >= 15 is 0 Å². The van der Waals surface area contributed by atoms with Gasteiger partial charge in [-0.25, -0.2) is 9.59 Å². The Labute approximate surface area is 259 Å². The Morgan fingerprint density at radius 1 is 1.07 bits per heavy atom. The summed E-state index contributed by atoms with van der Waals surface area (Å²) in [6.07, 6.45) is 0.958. The number of ketones is 1.